The van der Waals surface area contributed by atoms with Gasteiger partial charge in [0.2, 0.25) is 5.95 Å². The topological polar surface area (TPSA) is 80.9 Å². The lowest BCUT2D eigenvalue weighted by atomic mass is 10.4. The van der Waals surface area contributed by atoms with E-state index >= 15 is 0 Å². The Kier molecular flexibility index (Phi) is 2.44. The van der Waals surface area contributed by atoms with Crippen molar-refractivity contribution < 1.29 is 4.79 Å². The van der Waals surface area contributed by atoms with E-state index in [0.29, 0.717) is 0 Å². The van der Waals surface area contributed by atoms with Crippen LogP contribution in [0.15, 0.2) is 6.20 Å². The molecule has 0 spiro atoms. The van der Waals surface area contributed by atoms with Crippen molar-refractivity contribution in [2.24, 2.45) is 0 Å². The fourth-order valence-electron chi connectivity index (χ4n) is 0.658. The molecule has 12 heavy (non-hydrogen) atoms. The van der Waals surface area contributed by atoms with Gasteiger partial charge in [-0.2, -0.15) is 0 Å². The second-order valence-corrected chi connectivity index (χ2v) is 2.41. The summed E-state index contributed by atoms with van der Waals surface area (Å²) in [6, 6.07) is 0. The standard InChI is InChI=1S/C6H7ClN4O/c1-9-5(12)4-3(7)2-10-6(8)11-4/h2H,1H3,(H,9,12)(H2,8,10,11). The zero-order chi connectivity index (χ0) is 9.14. The molecule has 6 heteroatoms. The number of rotatable bonds is 1. The van der Waals surface area contributed by atoms with Gasteiger partial charge in [0.25, 0.3) is 5.91 Å². The van der Waals surface area contributed by atoms with Gasteiger partial charge in [-0.3, -0.25) is 4.79 Å². The minimum atomic E-state index is -0.380. The van der Waals surface area contributed by atoms with Gasteiger partial charge in [0, 0.05) is 7.05 Å². The molecular weight excluding hydrogens is 180 g/mol. The highest BCUT2D eigenvalue weighted by atomic mass is 35.5. The molecule has 1 amide bonds. The lowest BCUT2D eigenvalue weighted by Gasteiger charge is -2.00. The zero-order valence-electron chi connectivity index (χ0n) is 6.34. The molecule has 1 aromatic heterocycles. The summed E-state index contributed by atoms with van der Waals surface area (Å²) in [6.07, 6.45) is 1.29. The average molecular weight is 187 g/mol. The molecule has 0 aliphatic heterocycles. The maximum atomic E-state index is 11.0. The molecule has 0 saturated heterocycles. The first kappa shape index (κ1) is 8.73. The van der Waals surface area contributed by atoms with Crippen LogP contribution in [0.25, 0.3) is 0 Å². The molecule has 0 unspecified atom stereocenters. The van der Waals surface area contributed by atoms with Crippen molar-refractivity contribution in [3.8, 4) is 0 Å². The average Bonchev–Trinajstić information content (AvgIpc) is 2.08. The van der Waals surface area contributed by atoms with E-state index < -0.39 is 0 Å². The summed E-state index contributed by atoms with van der Waals surface area (Å²) in [4.78, 5) is 18.3. The number of nitrogens with two attached hydrogens (primary N) is 1. The molecule has 3 N–H and O–H groups in total. The molecule has 0 bridgehead atoms. The zero-order valence-corrected chi connectivity index (χ0v) is 7.09. The van der Waals surface area contributed by atoms with Crippen molar-refractivity contribution in [3.63, 3.8) is 0 Å². The summed E-state index contributed by atoms with van der Waals surface area (Å²) in [7, 11) is 1.48. The molecule has 0 saturated carbocycles. The van der Waals surface area contributed by atoms with Gasteiger partial charge < -0.3 is 11.1 Å². The minimum absolute atomic E-state index is 0.0259. The molecule has 0 fully saturated rings. The number of amides is 1. The maximum absolute atomic E-state index is 11.0. The van der Waals surface area contributed by atoms with Crippen molar-refractivity contribution in [2.45, 2.75) is 0 Å². The van der Waals surface area contributed by atoms with Crippen LogP contribution in [0.1, 0.15) is 10.5 Å². The lowest BCUT2D eigenvalue weighted by molar-refractivity contribution is 0.0958. The molecule has 5 nitrogen and oxygen atoms in total. The van der Waals surface area contributed by atoms with Crippen LogP contribution >= 0.6 is 11.6 Å². The summed E-state index contributed by atoms with van der Waals surface area (Å²) in [5, 5.41) is 2.56. The number of nitrogens with zero attached hydrogens (tertiary/aromatic N) is 2. The van der Waals surface area contributed by atoms with Crippen molar-refractivity contribution in [3.05, 3.63) is 16.9 Å². The number of aromatic nitrogens is 2. The van der Waals surface area contributed by atoms with E-state index in [1.54, 1.807) is 0 Å². The van der Waals surface area contributed by atoms with Crippen molar-refractivity contribution >= 4 is 23.5 Å². The fraction of sp³-hybridized carbons (Fsp3) is 0.167. The van der Waals surface area contributed by atoms with Crippen LogP contribution < -0.4 is 11.1 Å². The van der Waals surface area contributed by atoms with E-state index in [9.17, 15) is 4.79 Å². The van der Waals surface area contributed by atoms with Gasteiger partial charge in [-0.15, -0.1) is 0 Å². The highest BCUT2D eigenvalue weighted by Gasteiger charge is 2.10. The van der Waals surface area contributed by atoms with Crippen molar-refractivity contribution in [1.82, 2.24) is 15.3 Å². The summed E-state index contributed by atoms with van der Waals surface area (Å²) in [5.41, 5.74) is 5.35. The predicted molar refractivity (Wildman–Crippen MR) is 44.8 cm³/mol. The van der Waals surface area contributed by atoms with E-state index in [1.165, 1.54) is 13.2 Å². The van der Waals surface area contributed by atoms with Gasteiger partial charge in [0.15, 0.2) is 5.69 Å². The molecule has 1 heterocycles. The number of nitrogens with one attached hydrogen (secondary N) is 1. The summed E-state index contributed by atoms with van der Waals surface area (Å²) in [6.45, 7) is 0. The van der Waals surface area contributed by atoms with E-state index in [1.807, 2.05) is 0 Å². The normalized spacial score (nSPS) is 9.50. The van der Waals surface area contributed by atoms with Crippen LogP contribution in [-0.2, 0) is 0 Å². The monoisotopic (exact) mass is 186 g/mol. The predicted octanol–water partition coefficient (Wildman–Crippen LogP) is 0.0718. The smallest absolute Gasteiger partial charge is 0.271 e. The Bertz CT molecular complexity index is 314. The molecule has 1 rings (SSSR count). The van der Waals surface area contributed by atoms with Gasteiger partial charge in [-0.05, 0) is 0 Å². The van der Waals surface area contributed by atoms with Crippen LogP contribution in [0.2, 0.25) is 5.02 Å². The summed E-state index contributed by atoms with van der Waals surface area (Å²) < 4.78 is 0. The lowest BCUT2D eigenvalue weighted by Crippen LogP contribution is -2.20. The Morgan fingerprint density at radius 3 is 3.00 bits per heavy atom. The van der Waals surface area contributed by atoms with E-state index in [-0.39, 0.29) is 22.6 Å². The Balaban J connectivity index is 3.13. The number of carbonyl (C=O) groups excluding carboxylic acids is 1. The highest BCUT2D eigenvalue weighted by Crippen LogP contribution is 2.12. The van der Waals surface area contributed by atoms with Gasteiger partial charge in [0.1, 0.15) is 0 Å². The Hall–Kier alpha value is -1.36. The number of halogens is 1. The van der Waals surface area contributed by atoms with E-state index in [4.69, 9.17) is 17.3 Å². The second kappa shape index (κ2) is 3.36. The first-order valence-corrected chi connectivity index (χ1v) is 3.53. The molecule has 0 aromatic carbocycles. The van der Waals surface area contributed by atoms with Gasteiger partial charge >= 0.3 is 0 Å². The number of anilines is 1. The maximum Gasteiger partial charge on any atom is 0.271 e. The van der Waals surface area contributed by atoms with E-state index in [2.05, 4.69) is 15.3 Å². The highest BCUT2D eigenvalue weighted by molar-refractivity contribution is 6.33. The van der Waals surface area contributed by atoms with Gasteiger partial charge in [-0.1, -0.05) is 11.6 Å². The number of nitrogen functional groups attached to an aromatic ring is 1. The van der Waals surface area contributed by atoms with Crippen LogP contribution in [0, 0.1) is 0 Å². The molecule has 1 aromatic rings. The summed E-state index contributed by atoms with van der Waals surface area (Å²) >= 11 is 5.63. The van der Waals surface area contributed by atoms with Gasteiger partial charge in [0.05, 0.1) is 11.2 Å². The summed E-state index contributed by atoms with van der Waals surface area (Å²) in [5.74, 6) is -0.355. The fourth-order valence-corrected chi connectivity index (χ4v) is 0.835. The molecule has 0 aliphatic rings. The largest absolute Gasteiger partial charge is 0.368 e. The third-order valence-corrected chi connectivity index (χ3v) is 1.48. The van der Waals surface area contributed by atoms with E-state index in [0.717, 1.165) is 0 Å². The molecular formula is C6H7ClN4O. The number of hydrogen-bond donors (Lipinski definition) is 2. The van der Waals surface area contributed by atoms with Crippen LogP contribution in [0.3, 0.4) is 0 Å². The number of carbonyl (C=O) groups is 1. The second-order valence-electron chi connectivity index (χ2n) is 2.00. The molecule has 0 aliphatic carbocycles. The first-order valence-electron chi connectivity index (χ1n) is 3.15. The van der Waals surface area contributed by atoms with Gasteiger partial charge in [-0.25, -0.2) is 9.97 Å². The van der Waals surface area contributed by atoms with Crippen LogP contribution in [0.4, 0.5) is 5.95 Å². The molecule has 0 atom stereocenters. The third-order valence-electron chi connectivity index (χ3n) is 1.20. The molecule has 64 valence electrons. The first-order chi connectivity index (χ1) is 5.65. The number of hydrogen-bond acceptors (Lipinski definition) is 4. The Morgan fingerprint density at radius 1 is 1.75 bits per heavy atom. The Morgan fingerprint density at radius 2 is 2.42 bits per heavy atom. The van der Waals surface area contributed by atoms with Crippen molar-refractivity contribution in [2.75, 3.05) is 12.8 Å². The SMILES string of the molecule is CNC(=O)c1nc(N)ncc1Cl. The Labute approximate surface area is 74.0 Å². The minimum Gasteiger partial charge on any atom is -0.368 e. The van der Waals surface area contributed by atoms with Crippen LogP contribution in [-0.4, -0.2) is 22.9 Å². The van der Waals surface area contributed by atoms with Crippen molar-refractivity contribution in [1.29, 1.82) is 0 Å². The quantitative estimate of drug-likeness (QED) is 0.651. The van der Waals surface area contributed by atoms with Crippen LogP contribution in [0.5, 0.6) is 0 Å². The molecule has 0 radical (unpaired) electrons. The third kappa shape index (κ3) is 1.62.